The molecule has 4 rings (SSSR count). The summed E-state index contributed by atoms with van der Waals surface area (Å²) in [7, 11) is 4.64. The van der Waals surface area contributed by atoms with E-state index in [1.54, 1.807) is 37.8 Å². The number of aryl methyl sites for hydroxylation is 1. The van der Waals surface area contributed by atoms with Crippen LogP contribution in [0.15, 0.2) is 45.4 Å². The lowest BCUT2D eigenvalue weighted by atomic mass is 9.95. The molecule has 0 spiro atoms. The molecule has 1 aromatic heterocycles. The molecule has 10 nitrogen and oxygen atoms in total. The summed E-state index contributed by atoms with van der Waals surface area (Å²) in [6, 6.07) is 8.18. The zero-order valence-electron chi connectivity index (χ0n) is 21.2. The summed E-state index contributed by atoms with van der Waals surface area (Å²) in [5.74, 6) is 1.08. The van der Waals surface area contributed by atoms with Gasteiger partial charge in [-0.2, -0.15) is 0 Å². The highest BCUT2D eigenvalue weighted by Crippen LogP contribution is 2.50. The monoisotopic (exact) mass is 558 g/mol. The Labute approximate surface area is 227 Å². The highest BCUT2D eigenvalue weighted by molar-refractivity contribution is 7.98. The maximum atomic E-state index is 13.2. The fourth-order valence-corrected chi connectivity index (χ4v) is 5.81. The number of hydrogen-bond donors (Lipinski definition) is 1. The maximum Gasteiger partial charge on any atom is 0.294 e. The van der Waals surface area contributed by atoms with Crippen LogP contribution in [-0.2, 0) is 17.9 Å². The number of carbonyl (C=O) groups is 1. The van der Waals surface area contributed by atoms with Crippen molar-refractivity contribution in [2.24, 2.45) is 0 Å². The smallest absolute Gasteiger partial charge is 0.294 e. The molecule has 1 heterocycles. The van der Waals surface area contributed by atoms with E-state index < -0.39 is 11.1 Å². The van der Waals surface area contributed by atoms with Gasteiger partial charge in [-0.05, 0) is 71.0 Å². The van der Waals surface area contributed by atoms with Crippen LogP contribution in [0.3, 0.4) is 0 Å². The molecule has 0 radical (unpaired) electrons. The predicted molar refractivity (Wildman–Crippen MR) is 144 cm³/mol. The van der Waals surface area contributed by atoms with Crippen molar-refractivity contribution >= 4 is 29.0 Å². The van der Waals surface area contributed by atoms with Gasteiger partial charge in [0.2, 0.25) is 5.75 Å². The van der Waals surface area contributed by atoms with Crippen LogP contribution in [-0.4, -0.2) is 38.6 Å². The van der Waals surface area contributed by atoms with Gasteiger partial charge in [0.05, 0.1) is 37.1 Å². The van der Waals surface area contributed by atoms with Crippen LogP contribution < -0.4 is 25.0 Å². The van der Waals surface area contributed by atoms with Crippen molar-refractivity contribution in [3.63, 3.8) is 0 Å². The lowest BCUT2D eigenvalue weighted by molar-refractivity contribution is -0.763. The van der Waals surface area contributed by atoms with E-state index >= 15 is 0 Å². The molecule has 0 saturated heterocycles. The summed E-state index contributed by atoms with van der Waals surface area (Å²) in [6.45, 7) is -0.241. The summed E-state index contributed by atoms with van der Waals surface area (Å²) in [5, 5.41) is 14.3. The molecule has 0 bridgehead atoms. The number of nitrogens with one attached hydrogen (secondary N) is 1. The molecule has 0 aliphatic heterocycles. The first-order chi connectivity index (χ1) is 18.3. The Balaban J connectivity index is 1.82. The van der Waals surface area contributed by atoms with Crippen LogP contribution in [0.5, 0.6) is 17.2 Å². The Bertz CT molecular complexity index is 1440. The Kier molecular flexibility index (Phi) is 8.42. The number of thioether (sulfide) groups is 1. The van der Waals surface area contributed by atoms with Gasteiger partial charge in [0.25, 0.3) is 11.0 Å². The Morgan fingerprint density at radius 3 is 2.58 bits per heavy atom. The lowest BCUT2D eigenvalue weighted by Crippen LogP contribution is -2.28. The predicted octanol–water partition coefficient (Wildman–Crippen LogP) is 4.65. The number of methoxy groups -OCH3 is 3. The van der Waals surface area contributed by atoms with Gasteiger partial charge >= 0.3 is 0 Å². The highest BCUT2D eigenvalue weighted by Gasteiger charge is 2.30. The van der Waals surface area contributed by atoms with Crippen molar-refractivity contribution in [3.8, 4) is 28.4 Å². The van der Waals surface area contributed by atoms with Crippen molar-refractivity contribution in [3.05, 3.63) is 77.6 Å². The summed E-state index contributed by atoms with van der Waals surface area (Å²) in [5.41, 5.74) is 3.46. The number of fused-ring (bicyclic) bond motifs is 3. The zero-order valence-corrected chi connectivity index (χ0v) is 22.8. The number of benzene rings is 1. The topological polar surface area (TPSA) is 126 Å². The molecule has 12 heteroatoms. The van der Waals surface area contributed by atoms with Gasteiger partial charge in [0.15, 0.2) is 16.9 Å². The minimum absolute atomic E-state index is 0.156. The van der Waals surface area contributed by atoms with Crippen molar-refractivity contribution in [2.75, 3.05) is 27.6 Å². The van der Waals surface area contributed by atoms with Crippen LogP contribution in [0.4, 0.5) is 0 Å². The third-order valence-electron chi connectivity index (χ3n) is 6.24. The number of amides is 1. The first-order valence-electron chi connectivity index (χ1n) is 11.5. The number of thiophene rings is 1. The summed E-state index contributed by atoms with van der Waals surface area (Å²) >= 11 is 2.51. The molecule has 200 valence electrons. The average molecular weight is 559 g/mol. The van der Waals surface area contributed by atoms with Crippen molar-refractivity contribution in [1.82, 2.24) is 5.32 Å². The van der Waals surface area contributed by atoms with E-state index in [0.29, 0.717) is 51.0 Å². The average Bonchev–Trinajstić information content (AvgIpc) is 3.27. The van der Waals surface area contributed by atoms with Gasteiger partial charge in [0.1, 0.15) is 6.61 Å². The summed E-state index contributed by atoms with van der Waals surface area (Å²) in [4.78, 5) is 42.2. The lowest BCUT2D eigenvalue weighted by Gasteiger charge is -2.20. The maximum absolute atomic E-state index is 13.2. The van der Waals surface area contributed by atoms with Gasteiger partial charge in [-0.25, -0.2) is 0 Å². The summed E-state index contributed by atoms with van der Waals surface area (Å²) < 4.78 is 17.0. The molecule has 3 aromatic rings. The molecule has 1 amide bonds. The quantitative estimate of drug-likeness (QED) is 0.227. The van der Waals surface area contributed by atoms with E-state index in [9.17, 15) is 19.7 Å². The third kappa shape index (κ3) is 5.41. The first kappa shape index (κ1) is 27.3. The van der Waals surface area contributed by atoms with Crippen molar-refractivity contribution in [1.29, 1.82) is 0 Å². The number of carbonyl (C=O) groups excluding carboxylic acids is 1. The molecule has 0 fully saturated rings. The second-order valence-electron chi connectivity index (χ2n) is 8.34. The Hall–Kier alpha value is -3.77. The van der Waals surface area contributed by atoms with E-state index in [-0.39, 0.29) is 17.9 Å². The molecule has 1 aliphatic rings. The molecular weight excluding hydrogens is 532 g/mol. The molecular formula is C26H26N2O8S2. The van der Waals surface area contributed by atoms with Crippen LogP contribution in [0.25, 0.3) is 11.1 Å². The zero-order chi connectivity index (χ0) is 27.4. The van der Waals surface area contributed by atoms with E-state index in [1.807, 2.05) is 18.4 Å². The van der Waals surface area contributed by atoms with Gasteiger partial charge < -0.3 is 24.4 Å². The largest absolute Gasteiger partial charge is 0.493 e. The van der Waals surface area contributed by atoms with Crippen LogP contribution in [0.2, 0.25) is 0 Å². The van der Waals surface area contributed by atoms with Crippen molar-refractivity contribution in [2.45, 2.75) is 30.4 Å². The number of rotatable bonds is 9. The van der Waals surface area contributed by atoms with Gasteiger partial charge in [0, 0.05) is 5.56 Å². The molecule has 1 aliphatic carbocycles. The summed E-state index contributed by atoms with van der Waals surface area (Å²) in [6.07, 6.45) is 2.90. The number of ether oxygens (including phenoxy) is 3. The van der Waals surface area contributed by atoms with Gasteiger partial charge in [-0.15, -0.1) is 33.2 Å². The second kappa shape index (κ2) is 11.7. The fraction of sp³-hybridized carbons (Fsp3) is 0.308. The fourth-order valence-electron chi connectivity index (χ4n) is 4.54. The standard InChI is InChI=1S/C26H26N2O8S2/c1-33-20-10-15-5-7-18(27-26(30)22-9-14(13-38-22)12-36-28(31)32)17-11-19(29)21(37-4)8-6-16(17)23(15)25(35-3)24(20)34-2/h6,8-11,13,18H,5,7,12H2,1-4H3,(H,27,30)/t18-/m0/s1. The normalized spacial score (nSPS) is 13.9. The molecule has 1 N–H and O–H groups in total. The molecule has 1 atom stereocenters. The van der Waals surface area contributed by atoms with Gasteiger partial charge in [-0.3, -0.25) is 9.59 Å². The highest BCUT2D eigenvalue weighted by atomic mass is 32.2. The Morgan fingerprint density at radius 1 is 1.16 bits per heavy atom. The Morgan fingerprint density at radius 2 is 1.92 bits per heavy atom. The number of nitrogens with zero attached hydrogens (tertiary/aromatic N) is 1. The molecule has 0 unspecified atom stereocenters. The molecule has 38 heavy (non-hydrogen) atoms. The van der Waals surface area contributed by atoms with E-state index in [4.69, 9.17) is 14.2 Å². The molecule has 0 saturated carbocycles. The van der Waals surface area contributed by atoms with E-state index in [1.165, 1.54) is 18.9 Å². The van der Waals surface area contributed by atoms with E-state index in [0.717, 1.165) is 28.0 Å². The van der Waals surface area contributed by atoms with Gasteiger partial charge in [-0.1, -0.05) is 6.07 Å². The SMILES string of the molecule is COc1cc2c(c(OC)c1OC)-c1ccc(SC)c(=O)cc1[C@@H](NC(=O)c1cc(CO[N+](=O)[O-])cs1)CC2. The van der Waals surface area contributed by atoms with Crippen LogP contribution in [0.1, 0.15) is 38.8 Å². The van der Waals surface area contributed by atoms with Crippen molar-refractivity contribution < 1.29 is 28.9 Å². The minimum Gasteiger partial charge on any atom is -0.493 e. The first-order valence-corrected chi connectivity index (χ1v) is 13.6. The second-order valence-corrected chi connectivity index (χ2v) is 10.1. The minimum atomic E-state index is -0.876. The van der Waals surface area contributed by atoms with Crippen LogP contribution >= 0.6 is 23.1 Å². The van der Waals surface area contributed by atoms with Crippen LogP contribution in [0, 0.1) is 10.1 Å². The number of hydrogen-bond acceptors (Lipinski definition) is 10. The molecule has 2 aromatic carbocycles. The van der Waals surface area contributed by atoms with E-state index in [2.05, 4.69) is 10.2 Å². The third-order valence-corrected chi connectivity index (χ3v) is 7.99.